The smallest absolute Gasteiger partial charge is 0.317 e. The maximum absolute atomic E-state index is 12.6. The molecule has 0 saturated carbocycles. The van der Waals surface area contributed by atoms with E-state index in [1.54, 1.807) is 11.3 Å². The zero-order chi connectivity index (χ0) is 17.1. The Kier molecular flexibility index (Phi) is 5.08. The third kappa shape index (κ3) is 3.72. The second-order valence-electron chi connectivity index (χ2n) is 6.18. The van der Waals surface area contributed by atoms with E-state index in [-0.39, 0.29) is 12.1 Å². The van der Waals surface area contributed by atoms with Crippen molar-refractivity contribution in [2.75, 3.05) is 31.1 Å². The maximum Gasteiger partial charge on any atom is 0.317 e. The summed E-state index contributed by atoms with van der Waals surface area (Å²) in [6.45, 7) is 9.09. The van der Waals surface area contributed by atoms with Gasteiger partial charge < -0.3 is 19.5 Å². The van der Waals surface area contributed by atoms with Crippen LogP contribution in [0.25, 0.3) is 0 Å². The molecule has 1 aliphatic heterocycles. The van der Waals surface area contributed by atoms with Crippen LogP contribution in [-0.4, -0.2) is 42.1 Å². The minimum Gasteiger partial charge on any atom is -0.466 e. The molecule has 2 amide bonds. The Morgan fingerprint density at radius 1 is 1.33 bits per heavy atom. The number of aromatic nitrogens is 1. The summed E-state index contributed by atoms with van der Waals surface area (Å²) in [7, 11) is 0. The third-order valence-electron chi connectivity index (χ3n) is 4.36. The number of anilines is 1. The lowest BCUT2D eigenvalue weighted by Gasteiger charge is -2.24. The molecular weight excluding hydrogens is 324 g/mol. The highest BCUT2D eigenvalue weighted by Gasteiger charge is 2.22. The Bertz CT molecular complexity index is 683. The van der Waals surface area contributed by atoms with E-state index >= 15 is 0 Å². The molecule has 0 aromatic carbocycles. The molecule has 1 N–H and O–H groups in total. The lowest BCUT2D eigenvalue weighted by molar-refractivity contribution is 0.198. The number of hydrogen-bond acceptors (Lipinski definition) is 5. The molecule has 0 unspecified atom stereocenters. The van der Waals surface area contributed by atoms with Crippen molar-refractivity contribution in [2.24, 2.45) is 0 Å². The van der Waals surface area contributed by atoms with Crippen LogP contribution < -0.4 is 10.2 Å². The molecule has 2 aromatic heterocycles. The molecule has 7 heteroatoms. The summed E-state index contributed by atoms with van der Waals surface area (Å²) in [5.41, 5.74) is 1.04. The van der Waals surface area contributed by atoms with Gasteiger partial charge in [0.1, 0.15) is 11.5 Å². The Hall–Kier alpha value is -2.02. The van der Waals surface area contributed by atoms with Crippen molar-refractivity contribution in [3.8, 4) is 0 Å². The fraction of sp³-hybridized carbons (Fsp3) is 0.529. The van der Waals surface area contributed by atoms with Gasteiger partial charge in [0.15, 0.2) is 5.13 Å². The summed E-state index contributed by atoms with van der Waals surface area (Å²) in [4.78, 5) is 21.1. The van der Waals surface area contributed by atoms with Gasteiger partial charge in [-0.25, -0.2) is 9.78 Å². The summed E-state index contributed by atoms with van der Waals surface area (Å²) >= 11 is 1.65. The first-order valence-electron chi connectivity index (χ1n) is 8.31. The van der Waals surface area contributed by atoms with E-state index in [1.165, 1.54) is 0 Å². The van der Waals surface area contributed by atoms with Crippen LogP contribution in [0.3, 0.4) is 0 Å². The van der Waals surface area contributed by atoms with Crippen molar-refractivity contribution in [1.82, 2.24) is 15.2 Å². The predicted molar refractivity (Wildman–Crippen MR) is 95.6 cm³/mol. The molecule has 3 rings (SSSR count). The quantitative estimate of drug-likeness (QED) is 0.924. The zero-order valence-electron chi connectivity index (χ0n) is 14.4. The summed E-state index contributed by atoms with van der Waals surface area (Å²) in [6, 6.07) is 1.92. The maximum atomic E-state index is 12.6. The lowest BCUT2D eigenvalue weighted by Crippen LogP contribution is -2.43. The minimum atomic E-state index is -0.0618. The Morgan fingerprint density at radius 2 is 2.17 bits per heavy atom. The lowest BCUT2D eigenvalue weighted by atomic mass is 10.1. The van der Waals surface area contributed by atoms with Crippen LogP contribution in [0.2, 0.25) is 0 Å². The van der Waals surface area contributed by atoms with Gasteiger partial charge in [0.25, 0.3) is 0 Å². The largest absolute Gasteiger partial charge is 0.466 e. The second kappa shape index (κ2) is 7.25. The Labute approximate surface area is 146 Å². The summed E-state index contributed by atoms with van der Waals surface area (Å²) in [6.07, 6.45) is 2.78. The van der Waals surface area contributed by atoms with Gasteiger partial charge in [-0.15, -0.1) is 11.3 Å². The summed E-state index contributed by atoms with van der Waals surface area (Å²) in [5.74, 6) is 1.74. The van der Waals surface area contributed by atoms with Crippen molar-refractivity contribution in [3.05, 3.63) is 34.7 Å². The molecule has 1 aliphatic rings. The molecule has 24 heavy (non-hydrogen) atoms. The first-order chi connectivity index (χ1) is 11.5. The average molecular weight is 348 g/mol. The van der Waals surface area contributed by atoms with Crippen molar-refractivity contribution < 1.29 is 9.21 Å². The van der Waals surface area contributed by atoms with Crippen molar-refractivity contribution in [3.63, 3.8) is 0 Å². The van der Waals surface area contributed by atoms with E-state index in [2.05, 4.69) is 15.2 Å². The van der Waals surface area contributed by atoms with Crippen molar-refractivity contribution in [2.45, 2.75) is 33.2 Å². The number of carbonyl (C=O) groups excluding carboxylic acids is 1. The van der Waals surface area contributed by atoms with Gasteiger partial charge in [-0.2, -0.15) is 0 Å². The van der Waals surface area contributed by atoms with E-state index in [1.807, 2.05) is 43.3 Å². The van der Waals surface area contributed by atoms with Gasteiger partial charge in [0, 0.05) is 43.3 Å². The van der Waals surface area contributed by atoms with Crippen LogP contribution in [0.5, 0.6) is 0 Å². The molecule has 0 spiro atoms. The molecule has 1 atom stereocenters. The molecule has 6 nitrogen and oxygen atoms in total. The van der Waals surface area contributed by atoms with E-state index < -0.39 is 0 Å². The Balaban J connectivity index is 1.58. The van der Waals surface area contributed by atoms with E-state index in [9.17, 15) is 4.79 Å². The van der Waals surface area contributed by atoms with Crippen LogP contribution in [0, 0.1) is 13.8 Å². The molecule has 0 aliphatic carbocycles. The van der Waals surface area contributed by atoms with Gasteiger partial charge in [-0.3, -0.25) is 0 Å². The number of rotatable bonds is 3. The van der Waals surface area contributed by atoms with Crippen LogP contribution in [0.1, 0.15) is 36.5 Å². The molecule has 1 saturated heterocycles. The standard InChI is InChI=1S/C17H24N4O2S/c1-12-11-15(14(3)23-12)13(2)19-16(22)20-6-4-7-21(9-8-20)17-18-5-10-24-17/h5,10-11,13H,4,6-9H2,1-3H3,(H,19,22)/t13-/m1/s1. The second-order valence-corrected chi connectivity index (χ2v) is 7.06. The predicted octanol–water partition coefficient (Wildman–Crippen LogP) is 3.34. The number of carbonyl (C=O) groups is 1. The van der Waals surface area contributed by atoms with Crippen LogP contribution in [0.15, 0.2) is 22.1 Å². The number of nitrogens with zero attached hydrogens (tertiary/aromatic N) is 3. The molecular formula is C17H24N4O2S. The van der Waals surface area contributed by atoms with Crippen molar-refractivity contribution >= 4 is 22.5 Å². The monoisotopic (exact) mass is 348 g/mol. The minimum absolute atomic E-state index is 0.0123. The highest BCUT2D eigenvalue weighted by atomic mass is 32.1. The molecule has 0 bridgehead atoms. The van der Waals surface area contributed by atoms with Gasteiger partial charge in [-0.1, -0.05) is 0 Å². The van der Waals surface area contributed by atoms with Crippen LogP contribution in [0.4, 0.5) is 9.93 Å². The fourth-order valence-electron chi connectivity index (χ4n) is 3.12. The summed E-state index contributed by atoms with van der Waals surface area (Å²) in [5, 5.41) is 6.12. The third-order valence-corrected chi connectivity index (χ3v) is 5.19. The topological polar surface area (TPSA) is 61.6 Å². The van der Waals surface area contributed by atoms with Gasteiger partial charge in [0.2, 0.25) is 0 Å². The molecule has 1 fully saturated rings. The normalized spacial score (nSPS) is 16.8. The van der Waals surface area contributed by atoms with E-state index in [4.69, 9.17) is 4.42 Å². The SMILES string of the molecule is Cc1cc([C@@H](C)NC(=O)N2CCCN(c3nccs3)CC2)c(C)o1. The van der Waals surface area contributed by atoms with Crippen LogP contribution in [-0.2, 0) is 0 Å². The average Bonchev–Trinajstić information content (AvgIpc) is 3.11. The van der Waals surface area contributed by atoms with Crippen molar-refractivity contribution in [1.29, 1.82) is 0 Å². The fourth-order valence-corrected chi connectivity index (χ4v) is 3.82. The molecule has 0 radical (unpaired) electrons. The number of nitrogens with one attached hydrogen (secondary N) is 1. The zero-order valence-corrected chi connectivity index (χ0v) is 15.2. The van der Waals surface area contributed by atoms with Gasteiger partial charge >= 0.3 is 6.03 Å². The first kappa shape index (κ1) is 16.8. The molecule has 2 aromatic rings. The number of amides is 2. The highest BCUT2D eigenvalue weighted by molar-refractivity contribution is 7.13. The van der Waals surface area contributed by atoms with E-state index in [0.717, 1.165) is 48.3 Å². The van der Waals surface area contributed by atoms with E-state index in [0.29, 0.717) is 6.54 Å². The van der Waals surface area contributed by atoms with Crippen LogP contribution >= 0.6 is 11.3 Å². The highest BCUT2D eigenvalue weighted by Crippen LogP contribution is 2.22. The van der Waals surface area contributed by atoms with Gasteiger partial charge in [-0.05, 0) is 33.3 Å². The first-order valence-corrected chi connectivity index (χ1v) is 9.19. The number of aryl methyl sites for hydroxylation is 2. The number of urea groups is 1. The number of thiazole rings is 1. The van der Waals surface area contributed by atoms with Gasteiger partial charge in [0.05, 0.1) is 6.04 Å². The number of hydrogen-bond donors (Lipinski definition) is 1. The molecule has 3 heterocycles. The number of furan rings is 1. The molecule has 130 valence electrons. The summed E-state index contributed by atoms with van der Waals surface area (Å²) < 4.78 is 5.56. The Morgan fingerprint density at radius 3 is 2.83 bits per heavy atom.